The zero-order valence-electron chi connectivity index (χ0n) is 5.13. The fourth-order valence-corrected chi connectivity index (χ4v) is 1.06. The van der Waals surface area contributed by atoms with Crippen molar-refractivity contribution < 1.29 is 0 Å². The Morgan fingerprint density at radius 2 is 2.50 bits per heavy atom. The first kappa shape index (κ1) is 7.46. The van der Waals surface area contributed by atoms with E-state index >= 15 is 0 Å². The normalized spacial score (nSPS) is 8.90. The van der Waals surface area contributed by atoms with Crippen LogP contribution in [0.1, 0.15) is 5.56 Å². The number of nitrogens with zero attached hydrogens (tertiary/aromatic N) is 1. The zero-order chi connectivity index (χ0) is 7.40. The number of anilines is 1. The van der Waals surface area contributed by atoms with Gasteiger partial charge in [-0.15, -0.1) is 0 Å². The molecule has 0 aromatic carbocycles. The van der Waals surface area contributed by atoms with Crippen LogP contribution in [-0.2, 0) is 0 Å². The van der Waals surface area contributed by atoms with Crippen molar-refractivity contribution in [1.82, 2.24) is 4.98 Å². The smallest absolute Gasteiger partial charge is 0.143 e. The summed E-state index contributed by atoms with van der Waals surface area (Å²) < 4.78 is 2.85. The van der Waals surface area contributed by atoms with Gasteiger partial charge in [0.15, 0.2) is 0 Å². The van der Waals surface area contributed by atoms with Crippen molar-refractivity contribution in [2.45, 2.75) is 0 Å². The second kappa shape index (κ2) is 3.50. The molecular weight excluding hydrogens is 241 g/mol. The number of rotatable bonds is 2. The van der Waals surface area contributed by atoms with Gasteiger partial charge in [0.25, 0.3) is 0 Å². The van der Waals surface area contributed by atoms with E-state index in [1.165, 1.54) is 6.21 Å². The molecule has 0 aliphatic heterocycles. The highest BCUT2D eigenvalue weighted by Crippen LogP contribution is 2.09. The van der Waals surface area contributed by atoms with Crippen LogP contribution in [0, 0.1) is 5.41 Å². The molecule has 0 aliphatic carbocycles. The van der Waals surface area contributed by atoms with Gasteiger partial charge in [0.05, 0.1) is 22.9 Å². The number of hydrogen-bond donors (Lipinski definition) is 2. The Balaban J connectivity index is 3.08. The molecule has 3 nitrogen and oxygen atoms in total. The van der Waals surface area contributed by atoms with Crippen LogP contribution in [0.5, 0.6) is 0 Å². The molecule has 0 saturated heterocycles. The molecule has 2 N–H and O–H groups in total. The summed E-state index contributed by atoms with van der Waals surface area (Å²) in [5.41, 5.74) is 0.803. The maximum Gasteiger partial charge on any atom is 0.143 e. The van der Waals surface area contributed by atoms with E-state index in [9.17, 15) is 0 Å². The summed E-state index contributed by atoms with van der Waals surface area (Å²) >= 11 is 1.99. The fraction of sp³-hybridized carbons (Fsp3) is 0. The van der Waals surface area contributed by atoms with E-state index in [1.807, 2.05) is 28.9 Å². The van der Waals surface area contributed by atoms with Crippen molar-refractivity contribution in [1.29, 1.82) is 5.41 Å². The number of halogens is 1. The average molecular weight is 247 g/mol. The highest BCUT2D eigenvalue weighted by Gasteiger charge is 1.95. The third kappa shape index (κ3) is 1.44. The van der Waals surface area contributed by atoms with E-state index in [-0.39, 0.29) is 0 Å². The van der Waals surface area contributed by atoms with Crippen molar-refractivity contribution in [2.24, 2.45) is 0 Å². The molecule has 1 aromatic rings. The van der Waals surface area contributed by atoms with Crippen LogP contribution in [-0.4, -0.2) is 11.2 Å². The molecule has 0 amide bonds. The standard InChI is InChI=1S/C6H6IN3/c7-10-6-5(4-8)2-1-3-9-6/h1-4,8H,(H,9,10). The molecule has 1 rings (SSSR count). The Labute approximate surface area is 72.9 Å². The average Bonchev–Trinajstić information content (AvgIpc) is 2.04. The molecule has 10 heavy (non-hydrogen) atoms. The van der Waals surface area contributed by atoms with Gasteiger partial charge in [0.2, 0.25) is 0 Å². The second-order valence-electron chi connectivity index (χ2n) is 1.68. The zero-order valence-corrected chi connectivity index (χ0v) is 7.29. The third-order valence-electron chi connectivity index (χ3n) is 1.08. The first-order valence-corrected chi connectivity index (χ1v) is 3.78. The summed E-state index contributed by atoms with van der Waals surface area (Å²) in [6.07, 6.45) is 2.96. The van der Waals surface area contributed by atoms with Gasteiger partial charge >= 0.3 is 0 Å². The lowest BCUT2D eigenvalue weighted by Gasteiger charge is -1.98. The van der Waals surface area contributed by atoms with Gasteiger partial charge in [-0.05, 0) is 12.1 Å². The van der Waals surface area contributed by atoms with Gasteiger partial charge in [0, 0.05) is 18.0 Å². The maximum absolute atomic E-state index is 6.98. The Kier molecular flexibility index (Phi) is 2.61. The Morgan fingerprint density at radius 1 is 1.70 bits per heavy atom. The number of nitrogens with one attached hydrogen (secondary N) is 2. The first-order valence-electron chi connectivity index (χ1n) is 2.70. The van der Waals surface area contributed by atoms with Gasteiger partial charge in [-0.2, -0.15) is 0 Å². The van der Waals surface area contributed by atoms with Crippen molar-refractivity contribution in [3.05, 3.63) is 23.9 Å². The van der Waals surface area contributed by atoms with E-state index in [2.05, 4.69) is 8.51 Å². The quantitative estimate of drug-likeness (QED) is 0.476. The molecular formula is C6H6IN3. The molecule has 0 atom stereocenters. The molecule has 0 radical (unpaired) electrons. The van der Waals surface area contributed by atoms with E-state index in [0.29, 0.717) is 0 Å². The van der Waals surface area contributed by atoms with Gasteiger partial charge < -0.3 is 8.94 Å². The van der Waals surface area contributed by atoms with Gasteiger partial charge in [-0.1, -0.05) is 0 Å². The van der Waals surface area contributed by atoms with Crippen LogP contribution in [0.2, 0.25) is 0 Å². The molecule has 0 unspecified atom stereocenters. The fourth-order valence-electron chi connectivity index (χ4n) is 0.613. The predicted molar refractivity (Wildman–Crippen MR) is 49.8 cm³/mol. The minimum atomic E-state index is 0.734. The lowest BCUT2D eigenvalue weighted by Crippen LogP contribution is -1.90. The molecule has 0 fully saturated rings. The molecule has 0 spiro atoms. The summed E-state index contributed by atoms with van der Waals surface area (Å²) in [6, 6.07) is 3.64. The summed E-state index contributed by atoms with van der Waals surface area (Å²) in [6.45, 7) is 0. The highest BCUT2D eigenvalue weighted by atomic mass is 127. The lowest BCUT2D eigenvalue weighted by molar-refractivity contribution is 1.33. The Hall–Kier alpha value is -0.650. The molecule has 0 saturated carbocycles. The van der Waals surface area contributed by atoms with Crippen molar-refractivity contribution >= 4 is 34.9 Å². The van der Waals surface area contributed by atoms with Crippen LogP contribution in [0.3, 0.4) is 0 Å². The third-order valence-corrected chi connectivity index (χ3v) is 1.59. The molecule has 1 heterocycles. The van der Waals surface area contributed by atoms with E-state index in [4.69, 9.17) is 5.41 Å². The van der Waals surface area contributed by atoms with Crippen LogP contribution >= 0.6 is 22.9 Å². The van der Waals surface area contributed by atoms with Crippen molar-refractivity contribution in [2.75, 3.05) is 3.53 Å². The molecule has 0 bridgehead atoms. The maximum atomic E-state index is 6.98. The second-order valence-corrected chi connectivity index (χ2v) is 2.22. The van der Waals surface area contributed by atoms with Crippen LogP contribution < -0.4 is 3.53 Å². The number of aromatic nitrogens is 1. The van der Waals surface area contributed by atoms with E-state index in [1.54, 1.807) is 12.3 Å². The largest absolute Gasteiger partial charge is 0.312 e. The van der Waals surface area contributed by atoms with Gasteiger partial charge in [0.1, 0.15) is 5.82 Å². The van der Waals surface area contributed by atoms with Crippen molar-refractivity contribution in [3.63, 3.8) is 0 Å². The van der Waals surface area contributed by atoms with Gasteiger partial charge in [-0.3, -0.25) is 0 Å². The summed E-state index contributed by atoms with van der Waals surface area (Å²) in [4.78, 5) is 4.00. The SMILES string of the molecule is N=Cc1cccnc1NI. The Bertz CT molecular complexity index is 236. The molecule has 52 valence electrons. The predicted octanol–water partition coefficient (Wildman–Crippen LogP) is 1.84. The van der Waals surface area contributed by atoms with Crippen LogP contribution in [0.4, 0.5) is 5.82 Å². The monoisotopic (exact) mass is 247 g/mol. The molecule has 4 heteroatoms. The summed E-state index contributed by atoms with van der Waals surface area (Å²) in [7, 11) is 0. The lowest BCUT2D eigenvalue weighted by atomic mass is 10.3. The van der Waals surface area contributed by atoms with Crippen LogP contribution in [0.25, 0.3) is 0 Å². The van der Waals surface area contributed by atoms with Crippen molar-refractivity contribution in [3.8, 4) is 0 Å². The molecule has 1 aromatic heterocycles. The summed E-state index contributed by atoms with van der Waals surface area (Å²) in [5.74, 6) is 0.734. The van der Waals surface area contributed by atoms with Crippen LogP contribution in [0.15, 0.2) is 18.3 Å². The summed E-state index contributed by atoms with van der Waals surface area (Å²) in [5, 5.41) is 6.98. The highest BCUT2D eigenvalue weighted by molar-refractivity contribution is 14.1. The number of hydrogen-bond acceptors (Lipinski definition) is 3. The molecule has 0 aliphatic rings. The Morgan fingerprint density at radius 3 is 3.00 bits per heavy atom. The van der Waals surface area contributed by atoms with Gasteiger partial charge in [-0.25, -0.2) is 4.98 Å². The van der Waals surface area contributed by atoms with E-state index in [0.717, 1.165) is 11.4 Å². The minimum Gasteiger partial charge on any atom is -0.312 e. The first-order chi connectivity index (χ1) is 4.88. The van der Waals surface area contributed by atoms with E-state index < -0.39 is 0 Å². The minimum absolute atomic E-state index is 0.734. The topological polar surface area (TPSA) is 48.8 Å². The number of pyridine rings is 1.